The van der Waals surface area contributed by atoms with Crippen molar-refractivity contribution in [2.24, 2.45) is 0 Å². The maximum atomic E-state index is 11.5. The van der Waals surface area contributed by atoms with Gasteiger partial charge in [-0.25, -0.2) is 4.79 Å². The van der Waals surface area contributed by atoms with Crippen molar-refractivity contribution in [3.8, 4) is 0 Å². The first-order valence-electron chi connectivity index (χ1n) is 9.24. The molecule has 27 heavy (non-hydrogen) atoms. The first-order valence-corrected chi connectivity index (χ1v) is 9.24. The van der Waals surface area contributed by atoms with Crippen LogP contribution in [0.2, 0.25) is 0 Å². The molecule has 3 rings (SSSR count). The lowest BCUT2D eigenvalue weighted by Crippen LogP contribution is -2.37. The van der Waals surface area contributed by atoms with Gasteiger partial charge in [0.1, 0.15) is 6.17 Å². The largest absolute Gasteiger partial charge is 0.463 e. The second-order valence-corrected chi connectivity index (χ2v) is 6.35. The van der Waals surface area contributed by atoms with E-state index in [-0.39, 0.29) is 12.1 Å². The number of esters is 1. The Morgan fingerprint density at radius 1 is 1.22 bits per heavy atom. The molecular weight excluding hydrogens is 340 g/mol. The highest BCUT2D eigenvalue weighted by Crippen LogP contribution is 2.31. The molecule has 1 N–H and O–H groups in total. The van der Waals surface area contributed by atoms with Crippen molar-refractivity contribution >= 4 is 17.7 Å². The van der Waals surface area contributed by atoms with Crippen molar-refractivity contribution in [1.82, 2.24) is 5.32 Å². The molecule has 0 bridgehead atoms. The van der Waals surface area contributed by atoms with E-state index in [1.165, 1.54) is 17.2 Å². The van der Waals surface area contributed by atoms with Crippen LogP contribution in [0.4, 0.5) is 5.69 Å². The Kier molecular flexibility index (Phi) is 6.63. The molecule has 0 amide bonds. The Balaban J connectivity index is 1.79. The molecule has 142 valence electrons. The molecule has 1 atom stereocenters. The van der Waals surface area contributed by atoms with Gasteiger partial charge in [-0.1, -0.05) is 36.4 Å². The summed E-state index contributed by atoms with van der Waals surface area (Å²) in [5.74, 6) is -0.324. The first-order chi connectivity index (χ1) is 13.2. The summed E-state index contributed by atoms with van der Waals surface area (Å²) in [4.78, 5) is 13.8. The van der Waals surface area contributed by atoms with Gasteiger partial charge >= 0.3 is 5.97 Å². The van der Waals surface area contributed by atoms with Crippen molar-refractivity contribution in [2.45, 2.75) is 19.6 Å². The SMILES string of the molecule is CCOC(=O)/C=C/c1ccc(N(CCOC)C2NCc3ccccc32)cc1. The molecule has 2 aromatic carbocycles. The van der Waals surface area contributed by atoms with E-state index in [4.69, 9.17) is 9.47 Å². The van der Waals surface area contributed by atoms with E-state index < -0.39 is 0 Å². The smallest absolute Gasteiger partial charge is 0.330 e. The normalized spacial score (nSPS) is 15.7. The summed E-state index contributed by atoms with van der Waals surface area (Å²) < 4.78 is 10.2. The van der Waals surface area contributed by atoms with Gasteiger partial charge in [-0.3, -0.25) is 5.32 Å². The highest BCUT2D eigenvalue weighted by atomic mass is 16.5. The lowest BCUT2D eigenvalue weighted by atomic mass is 10.1. The van der Waals surface area contributed by atoms with Gasteiger partial charge in [-0.2, -0.15) is 0 Å². The number of ether oxygens (including phenoxy) is 2. The van der Waals surface area contributed by atoms with Gasteiger partial charge in [-0.15, -0.1) is 0 Å². The third-order valence-electron chi connectivity index (χ3n) is 4.61. The Labute approximate surface area is 160 Å². The zero-order chi connectivity index (χ0) is 19.1. The summed E-state index contributed by atoms with van der Waals surface area (Å²) in [5.41, 5.74) is 4.70. The molecule has 5 nitrogen and oxygen atoms in total. The third-order valence-corrected chi connectivity index (χ3v) is 4.61. The molecule has 1 aliphatic heterocycles. The van der Waals surface area contributed by atoms with Crippen molar-refractivity contribution in [3.63, 3.8) is 0 Å². The Morgan fingerprint density at radius 3 is 2.74 bits per heavy atom. The van der Waals surface area contributed by atoms with Crippen LogP contribution in [0.15, 0.2) is 54.6 Å². The summed E-state index contributed by atoms with van der Waals surface area (Å²) in [6.07, 6.45) is 3.35. The summed E-state index contributed by atoms with van der Waals surface area (Å²) in [7, 11) is 1.72. The number of carbonyl (C=O) groups is 1. The van der Waals surface area contributed by atoms with Crippen LogP contribution in [0.5, 0.6) is 0 Å². The average Bonchev–Trinajstić information content (AvgIpc) is 3.12. The number of nitrogens with one attached hydrogen (secondary N) is 1. The predicted molar refractivity (Wildman–Crippen MR) is 107 cm³/mol. The van der Waals surface area contributed by atoms with E-state index in [0.717, 1.165) is 24.3 Å². The maximum Gasteiger partial charge on any atom is 0.330 e. The summed E-state index contributed by atoms with van der Waals surface area (Å²) in [6, 6.07) is 16.7. The first kappa shape index (κ1) is 19.1. The quantitative estimate of drug-likeness (QED) is 0.572. The van der Waals surface area contributed by atoms with Crippen LogP contribution in [0, 0.1) is 0 Å². The summed E-state index contributed by atoms with van der Waals surface area (Å²) >= 11 is 0. The highest BCUT2D eigenvalue weighted by Gasteiger charge is 2.27. The molecule has 1 aliphatic rings. The lowest BCUT2D eigenvalue weighted by molar-refractivity contribution is -0.137. The molecule has 1 heterocycles. The molecule has 5 heteroatoms. The molecule has 0 aliphatic carbocycles. The fourth-order valence-corrected chi connectivity index (χ4v) is 3.29. The van der Waals surface area contributed by atoms with Crippen LogP contribution in [0.25, 0.3) is 6.08 Å². The fraction of sp³-hybridized carbons (Fsp3) is 0.318. The zero-order valence-corrected chi connectivity index (χ0v) is 15.9. The van der Waals surface area contributed by atoms with Crippen molar-refractivity contribution in [2.75, 3.05) is 31.8 Å². The van der Waals surface area contributed by atoms with Gasteiger partial charge in [0.2, 0.25) is 0 Å². The zero-order valence-electron chi connectivity index (χ0n) is 15.9. The molecule has 0 aromatic heterocycles. The summed E-state index contributed by atoms with van der Waals surface area (Å²) in [6.45, 7) is 4.47. The molecule has 0 fully saturated rings. The van der Waals surface area contributed by atoms with Crippen LogP contribution in [0.3, 0.4) is 0 Å². The molecule has 0 radical (unpaired) electrons. The number of nitrogens with zero attached hydrogens (tertiary/aromatic N) is 1. The number of benzene rings is 2. The number of rotatable bonds is 8. The Bertz CT molecular complexity index is 786. The minimum Gasteiger partial charge on any atom is -0.463 e. The lowest BCUT2D eigenvalue weighted by Gasteiger charge is -2.32. The monoisotopic (exact) mass is 366 g/mol. The van der Waals surface area contributed by atoms with E-state index in [1.807, 2.05) is 12.1 Å². The number of hydrogen-bond acceptors (Lipinski definition) is 5. The third kappa shape index (κ3) is 4.76. The van der Waals surface area contributed by atoms with Crippen molar-refractivity contribution in [1.29, 1.82) is 0 Å². The average molecular weight is 366 g/mol. The molecule has 2 aromatic rings. The van der Waals surface area contributed by atoms with Gasteiger partial charge in [0.15, 0.2) is 0 Å². The van der Waals surface area contributed by atoms with Crippen molar-refractivity contribution < 1.29 is 14.3 Å². The molecule has 0 spiro atoms. The van der Waals surface area contributed by atoms with Gasteiger partial charge < -0.3 is 14.4 Å². The minimum absolute atomic E-state index is 0.122. The van der Waals surface area contributed by atoms with Crippen LogP contribution in [-0.4, -0.2) is 32.8 Å². The molecule has 0 saturated heterocycles. The van der Waals surface area contributed by atoms with Crippen LogP contribution in [-0.2, 0) is 20.8 Å². The van der Waals surface area contributed by atoms with Crippen LogP contribution >= 0.6 is 0 Å². The number of fused-ring (bicyclic) bond motifs is 1. The topological polar surface area (TPSA) is 50.8 Å². The fourth-order valence-electron chi connectivity index (χ4n) is 3.29. The summed E-state index contributed by atoms with van der Waals surface area (Å²) in [5, 5.41) is 3.59. The van der Waals surface area contributed by atoms with Gasteiger partial charge in [0.25, 0.3) is 0 Å². The van der Waals surface area contributed by atoms with Crippen LogP contribution < -0.4 is 10.2 Å². The highest BCUT2D eigenvalue weighted by molar-refractivity contribution is 5.87. The standard InChI is InChI=1S/C22H26N2O3/c1-3-27-21(25)13-10-17-8-11-19(12-9-17)24(14-15-26-2)22-20-7-5-4-6-18(20)16-23-22/h4-13,22-23H,3,14-16H2,1-2H3/b13-10+. The number of anilines is 1. The van der Waals surface area contributed by atoms with E-state index in [0.29, 0.717) is 13.2 Å². The minimum atomic E-state index is -0.324. The van der Waals surface area contributed by atoms with Crippen molar-refractivity contribution in [3.05, 3.63) is 71.3 Å². The van der Waals surface area contributed by atoms with E-state index in [2.05, 4.69) is 46.6 Å². The Hall–Kier alpha value is -2.63. The number of methoxy groups -OCH3 is 1. The van der Waals surface area contributed by atoms with Crippen LogP contribution in [0.1, 0.15) is 29.8 Å². The van der Waals surface area contributed by atoms with E-state index in [1.54, 1.807) is 20.1 Å². The molecule has 0 saturated carbocycles. The number of carbonyl (C=O) groups excluding carboxylic acids is 1. The van der Waals surface area contributed by atoms with Gasteiger partial charge in [0, 0.05) is 32.0 Å². The second kappa shape index (κ2) is 9.35. The van der Waals surface area contributed by atoms with Gasteiger partial charge in [0.05, 0.1) is 13.2 Å². The second-order valence-electron chi connectivity index (χ2n) is 6.35. The molecular formula is C22H26N2O3. The van der Waals surface area contributed by atoms with E-state index >= 15 is 0 Å². The molecule has 1 unspecified atom stereocenters. The predicted octanol–water partition coefficient (Wildman–Crippen LogP) is 3.52. The Morgan fingerprint density at radius 2 is 2.00 bits per heavy atom. The maximum absolute atomic E-state index is 11.5. The van der Waals surface area contributed by atoms with Gasteiger partial charge in [-0.05, 0) is 41.8 Å². The van der Waals surface area contributed by atoms with E-state index in [9.17, 15) is 4.79 Å². The number of hydrogen-bond donors (Lipinski definition) is 1.